The zero-order valence-corrected chi connectivity index (χ0v) is 11.8. The van der Waals surface area contributed by atoms with Crippen molar-refractivity contribution in [3.8, 4) is 0 Å². The van der Waals surface area contributed by atoms with E-state index in [1.165, 1.54) is 7.11 Å². The van der Waals surface area contributed by atoms with Crippen LogP contribution in [0, 0.1) is 11.3 Å². The van der Waals surface area contributed by atoms with Gasteiger partial charge in [-0.2, -0.15) is 0 Å². The zero-order chi connectivity index (χ0) is 14.2. The number of carbonyl (C=O) groups is 2. The molecule has 1 aromatic heterocycles. The Labute approximate surface area is 112 Å². The molecule has 5 heteroatoms. The van der Waals surface area contributed by atoms with E-state index in [0.717, 1.165) is 6.42 Å². The van der Waals surface area contributed by atoms with Crippen molar-refractivity contribution < 1.29 is 18.8 Å². The highest BCUT2D eigenvalue weighted by Gasteiger charge is 2.49. The molecule has 5 nitrogen and oxygen atoms in total. The second-order valence-electron chi connectivity index (χ2n) is 5.66. The van der Waals surface area contributed by atoms with E-state index in [9.17, 15) is 9.59 Å². The van der Waals surface area contributed by atoms with Crippen molar-refractivity contribution in [1.29, 1.82) is 0 Å². The summed E-state index contributed by atoms with van der Waals surface area (Å²) >= 11 is 0. The predicted octanol–water partition coefficient (Wildman–Crippen LogP) is 2.18. The summed E-state index contributed by atoms with van der Waals surface area (Å²) in [6.07, 6.45) is 2.06. The summed E-state index contributed by atoms with van der Waals surface area (Å²) in [4.78, 5) is 24.5. The van der Waals surface area contributed by atoms with E-state index in [4.69, 9.17) is 9.26 Å². The van der Waals surface area contributed by atoms with Gasteiger partial charge in [0.1, 0.15) is 11.7 Å². The Balaban J connectivity index is 2.48. The zero-order valence-electron chi connectivity index (χ0n) is 11.8. The maximum Gasteiger partial charge on any atom is 0.317 e. The molecule has 2 rings (SSSR count). The fourth-order valence-corrected chi connectivity index (χ4v) is 2.74. The van der Waals surface area contributed by atoms with Crippen molar-refractivity contribution in [2.24, 2.45) is 11.3 Å². The van der Waals surface area contributed by atoms with Gasteiger partial charge in [-0.3, -0.25) is 9.59 Å². The quantitative estimate of drug-likeness (QED) is 0.619. The van der Waals surface area contributed by atoms with Gasteiger partial charge in [0.25, 0.3) is 0 Å². The van der Waals surface area contributed by atoms with E-state index >= 15 is 0 Å². The van der Waals surface area contributed by atoms with Gasteiger partial charge in [0.2, 0.25) is 0 Å². The number of nitrogens with zero attached hydrogens (tertiary/aromatic N) is 1. The van der Waals surface area contributed by atoms with Gasteiger partial charge in [-0.1, -0.05) is 25.9 Å². The molecule has 1 atom stereocenters. The van der Waals surface area contributed by atoms with E-state index in [1.54, 1.807) is 0 Å². The molecule has 104 valence electrons. The smallest absolute Gasteiger partial charge is 0.317 e. The van der Waals surface area contributed by atoms with Crippen molar-refractivity contribution in [1.82, 2.24) is 5.16 Å². The van der Waals surface area contributed by atoms with Gasteiger partial charge in [0.15, 0.2) is 5.78 Å². The van der Waals surface area contributed by atoms with Crippen LogP contribution in [-0.2, 0) is 22.4 Å². The Morgan fingerprint density at radius 1 is 1.53 bits per heavy atom. The van der Waals surface area contributed by atoms with Crippen LogP contribution in [-0.4, -0.2) is 24.0 Å². The average Bonchev–Trinajstić information content (AvgIpc) is 2.71. The topological polar surface area (TPSA) is 69.4 Å². The molecule has 0 saturated heterocycles. The van der Waals surface area contributed by atoms with Crippen LogP contribution in [0.15, 0.2) is 4.52 Å². The van der Waals surface area contributed by atoms with E-state index < -0.39 is 17.3 Å². The van der Waals surface area contributed by atoms with Crippen LogP contribution in [0.2, 0.25) is 0 Å². The van der Waals surface area contributed by atoms with Crippen LogP contribution >= 0.6 is 0 Å². The molecule has 1 heterocycles. The number of rotatable bonds is 3. The maximum atomic E-state index is 12.6. The molecular formula is C14H19NO4. The molecule has 0 fully saturated rings. The summed E-state index contributed by atoms with van der Waals surface area (Å²) in [7, 11) is 1.31. The standard InChI is InChI=1S/C14H19NO4/c1-5-6-9-10-8(15-19-9)7-14(2,3)11(12(10)16)13(17)18-4/h11H,5-7H2,1-4H3/t11-/m1/s1. The van der Waals surface area contributed by atoms with Gasteiger partial charge in [-0.15, -0.1) is 0 Å². The molecule has 0 saturated carbocycles. The van der Waals surface area contributed by atoms with E-state index in [2.05, 4.69) is 5.16 Å². The predicted molar refractivity (Wildman–Crippen MR) is 67.8 cm³/mol. The van der Waals surface area contributed by atoms with Crippen molar-refractivity contribution in [3.05, 3.63) is 17.0 Å². The van der Waals surface area contributed by atoms with Gasteiger partial charge >= 0.3 is 5.97 Å². The van der Waals surface area contributed by atoms with Gasteiger partial charge in [-0.05, 0) is 11.8 Å². The molecule has 0 aliphatic heterocycles. The van der Waals surface area contributed by atoms with Crippen LogP contribution < -0.4 is 0 Å². The molecule has 1 aliphatic rings. The molecule has 0 spiro atoms. The van der Waals surface area contributed by atoms with E-state index in [1.807, 2.05) is 20.8 Å². The Kier molecular flexibility index (Phi) is 3.47. The van der Waals surface area contributed by atoms with E-state index in [0.29, 0.717) is 29.9 Å². The minimum Gasteiger partial charge on any atom is -0.468 e. The van der Waals surface area contributed by atoms with Crippen molar-refractivity contribution >= 4 is 11.8 Å². The average molecular weight is 265 g/mol. The van der Waals surface area contributed by atoms with Gasteiger partial charge in [-0.25, -0.2) is 0 Å². The second-order valence-corrected chi connectivity index (χ2v) is 5.66. The van der Waals surface area contributed by atoms with Crippen LogP contribution in [0.3, 0.4) is 0 Å². The fourth-order valence-electron chi connectivity index (χ4n) is 2.74. The largest absolute Gasteiger partial charge is 0.468 e. The lowest BCUT2D eigenvalue weighted by atomic mass is 9.67. The highest BCUT2D eigenvalue weighted by Crippen LogP contribution is 2.41. The van der Waals surface area contributed by atoms with Crippen molar-refractivity contribution in [2.45, 2.75) is 40.0 Å². The third-order valence-corrected chi connectivity index (χ3v) is 3.66. The first kappa shape index (κ1) is 13.8. The normalized spacial score (nSPS) is 21.1. The number of aromatic nitrogens is 1. The molecule has 1 aromatic rings. The number of hydrogen-bond donors (Lipinski definition) is 0. The molecule has 0 aromatic carbocycles. The third kappa shape index (κ3) is 2.17. The number of ether oxygens (including phenoxy) is 1. The van der Waals surface area contributed by atoms with Crippen LogP contribution in [0.5, 0.6) is 0 Å². The number of hydrogen-bond acceptors (Lipinski definition) is 5. The lowest BCUT2D eigenvalue weighted by Gasteiger charge is -2.34. The Morgan fingerprint density at radius 2 is 2.21 bits per heavy atom. The SMILES string of the molecule is CCCc1onc2c1C(=O)[C@H](C(=O)OC)C(C)(C)C2. The van der Waals surface area contributed by atoms with Gasteiger partial charge < -0.3 is 9.26 Å². The first-order chi connectivity index (χ1) is 8.92. The minimum absolute atomic E-state index is 0.220. The molecule has 1 aliphatic carbocycles. The fraction of sp³-hybridized carbons (Fsp3) is 0.643. The lowest BCUT2D eigenvalue weighted by Crippen LogP contribution is -2.43. The number of carbonyl (C=O) groups excluding carboxylic acids is 2. The lowest BCUT2D eigenvalue weighted by molar-refractivity contribution is -0.147. The van der Waals surface area contributed by atoms with Crippen LogP contribution in [0.4, 0.5) is 0 Å². The summed E-state index contributed by atoms with van der Waals surface area (Å²) < 4.78 is 10.0. The second kappa shape index (κ2) is 4.79. The van der Waals surface area contributed by atoms with Crippen molar-refractivity contribution in [2.75, 3.05) is 7.11 Å². The number of Topliss-reactive ketones (excluding diaryl/α,β-unsaturated/α-hetero) is 1. The summed E-state index contributed by atoms with van der Waals surface area (Å²) in [5.74, 6) is -0.890. The number of fused-ring (bicyclic) bond motifs is 1. The van der Waals surface area contributed by atoms with E-state index in [-0.39, 0.29) is 5.78 Å². The first-order valence-electron chi connectivity index (χ1n) is 6.51. The maximum absolute atomic E-state index is 12.6. The number of ketones is 1. The van der Waals surface area contributed by atoms with Crippen LogP contribution in [0.25, 0.3) is 0 Å². The Morgan fingerprint density at radius 3 is 2.79 bits per heavy atom. The Hall–Kier alpha value is -1.65. The third-order valence-electron chi connectivity index (χ3n) is 3.66. The molecule has 0 amide bonds. The molecule has 0 radical (unpaired) electrons. The monoisotopic (exact) mass is 265 g/mol. The number of esters is 1. The highest BCUT2D eigenvalue weighted by atomic mass is 16.5. The molecule has 0 unspecified atom stereocenters. The summed E-state index contributed by atoms with van der Waals surface area (Å²) in [6.45, 7) is 5.76. The Bertz CT molecular complexity index is 516. The van der Waals surface area contributed by atoms with Gasteiger partial charge in [0.05, 0.1) is 18.4 Å². The van der Waals surface area contributed by atoms with Crippen molar-refractivity contribution in [3.63, 3.8) is 0 Å². The molecule has 19 heavy (non-hydrogen) atoms. The molecule has 0 bridgehead atoms. The summed E-state index contributed by atoms with van der Waals surface area (Å²) in [6, 6.07) is 0. The molecule has 0 N–H and O–H groups in total. The molecular weight excluding hydrogens is 246 g/mol. The minimum atomic E-state index is -0.778. The summed E-state index contributed by atoms with van der Waals surface area (Å²) in [5.41, 5.74) is 0.660. The first-order valence-corrected chi connectivity index (χ1v) is 6.51. The van der Waals surface area contributed by atoms with Crippen LogP contribution in [0.1, 0.15) is 49.0 Å². The highest BCUT2D eigenvalue weighted by molar-refractivity contribution is 6.11. The number of methoxy groups -OCH3 is 1. The number of aryl methyl sites for hydroxylation is 1. The van der Waals surface area contributed by atoms with Gasteiger partial charge in [0, 0.05) is 12.8 Å². The summed E-state index contributed by atoms with van der Waals surface area (Å²) in [5, 5.41) is 3.99.